The van der Waals surface area contributed by atoms with Gasteiger partial charge < -0.3 is 14.7 Å². The molecule has 0 amide bonds. The van der Waals surface area contributed by atoms with E-state index in [1.54, 1.807) is 30.5 Å². The summed E-state index contributed by atoms with van der Waals surface area (Å²) < 4.78 is 5.17. The number of ether oxygens (including phenoxy) is 1. The van der Waals surface area contributed by atoms with Crippen molar-refractivity contribution in [2.45, 2.75) is 0 Å². The highest BCUT2D eigenvalue weighted by Gasteiger charge is 2.17. The lowest BCUT2D eigenvalue weighted by molar-refractivity contribution is 0.0477. The Hall–Kier alpha value is -3.67. The molecule has 0 aliphatic carbocycles. The summed E-state index contributed by atoms with van der Waals surface area (Å²) in [5, 5.41) is 1.34. The lowest BCUT2D eigenvalue weighted by Gasteiger charge is -2.06. The first-order valence-corrected chi connectivity index (χ1v) is 8.02. The van der Waals surface area contributed by atoms with Crippen molar-refractivity contribution < 1.29 is 14.3 Å². The van der Waals surface area contributed by atoms with Crippen LogP contribution in [0.2, 0.25) is 0 Å². The largest absolute Gasteiger partial charge is 0.454 e. The molecule has 4 aromatic rings. The summed E-state index contributed by atoms with van der Waals surface area (Å²) in [7, 11) is 0. The molecule has 0 radical (unpaired) electrons. The number of aromatic nitrogens is 2. The van der Waals surface area contributed by atoms with Crippen molar-refractivity contribution in [3.05, 3.63) is 82.3 Å². The molecule has 2 heterocycles. The molecule has 6 heteroatoms. The fraction of sp³-hybridized carbons (Fsp3) is 0.0500. The van der Waals surface area contributed by atoms with Crippen LogP contribution in [0, 0.1) is 0 Å². The lowest BCUT2D eigenvalue weighted by Crippen LogP contribution is -2.17. The van der Waals surface area contributed by atoms with E-state index in [9.17, 15) is 14.4 Å². The van der Waals surface area contributed by atoms with Crippen LogP contribution >= 0.6 is 0 Å². The molecule has 0 saturated heterocycles. The molecule has 0 spiro atoms. The van der Waals surface area contributed by atoms with Crippen LogP contribution < -0.4 is 5.56 Å². The van der Waals surface area contributed by atoms with E-state index >= 15 is 0 Å². The van der Waals surface area contributed by atoms with E-state index in [2.05, 4.69) is 9.97 Å². The topological polar surface area (TPSA) is 92.0 Å². The average Bonchev–Trinajstić information content (AvgIpc) is 3.09. The number of Topliss-reactive ketones (excluding diaryl/α,β-unsaturated/α-hetero) is 1. The Labute approximate surface area is 147 Å². The maximum atomic E-state index is 12.4. The van der Waals surface area contributed by atoms with Crippen LogP contribution in [-0.4, -0.2) is 28.3 Å². The minimum Gasteiger partial charge on any atom is -0.454 e. The van der Waals surface area contributed by atoms with Gasteiger partial charge in [0.05, 0.1) is 5.56 Å². The maximum Gasteiger partial charge on any atom is 0.339 e. The van der Waals surface area contributed by atoms with Crippen molar-refractivity contribution in [1.82, 2.24) is 9.97 Å². The summed E-state index contributed by atoms with van der Waals surface area (Å²) in [4.78, 5) is 42.3. The molecule has 6 nitrogen and oxygen atoms in total. The van der Waals surface area contributed by atoms with Crippen molar-refractivity contribution in [3.63, 3.8) is 0 Å². The molecular weight excluding hydrogens is 332 g/mol. The van der Waals surface area contributed by atoms with Gasteiger partial charge in [-0.25, -0.2) is 4.79 Å². The van der Waals surface area contributed by atoms with Crippen molar-refractivity contribution in [1.29, 1.82) is 0 Å². The van der Waals surface area contributed by atoms with Crippen LogP contribution in [0.1, 0.15) is 20.7 Å². The third kappa shape index (κ3) is 2.77. The van der Waals surface area contributed by atoms with Crippen molar-refractivity contribution in [2.24, 2.45) is 0 Å². The summed E-state index contributed by atoms with van der Waals surface area (Å²) >= 11 is 0. The minimum absolute atomic E-state index is 0.135. The van der Waals surface area contributed by atoms with Crippen LogP contribution in [0.5, 0.6) is 0 Å². The normalized spacial score (nSPS) is 10.9. The predicted octanol–water partition coefficient (Wildman–Crippen LogP) is 3.05. The van der Waals surface area contributed by atoms with Crippen molar-refractivity contribution in [3.8, 4) is 0 Å². The number of benzene rings is 2. The molecule has 2 aromatic carbocycles. The van der Waals surface area contributed by atoms with Gasteiger partial charge >= 0.3 is 5.97 Å². The fourth-order valence-corrected chi connectivity index (χ4v) is 2.96. The van der Waals surface area contributed by atoms with E-state index in [0.29, 0.717) is 16.5 Å². The number of pyridine rings is 1. The smallest absolute Gasteiger partial charge is 0.339 e. The van der Waals surface area contributed by atoms with Crippen molar-refractivity contribution >= 4 is 33.6 Å². The van der Waals surface area contributed by atoms with Gasteiger partial charge in [0, 0.05) is 39.6 Å². The monoisotopic (exact) mass is 346 g/mol. The van der Waals surface area contributed by atoms with Gasteiger partial charge in [0.15, 0.2) is 6.61 Å². The Kier molecular flexibility index (Phi) is 3.85. The number of H-pyrrole nitrogens is 2. The number of hydrogen-bond acceptors (Lipinski definition) is 4. The van der Waals surface area contributed by atoms with Crippen molar-refractivity contribution in [2.75, 3.05) is 6.61 Å². The SMILES string of the molecule is O=C(COC(=O)c1cc(=O)[nH]c2ccccc12)c1c[nH]c2ccccc12. The molecule has 0 atom stereocenters. The van der Waals surface area contributed by atoms with Gasteiger partial charge in [-0.1, -0.05) is 36.4 Å². The molecule has 0 bridgehead atoms. The summed E-state index contributed by atoms with van der Waals surface area (Å²) in [6.45, 7) is -0.401. The highest BCUT2D eigenvalue weighted by atomic mass is 16.5. The van der Waals surface area contributed by atoms with Gasteiger partial charge in [0.2, 0.25) is 11.3 Å². The molecular formula is C20H14N2O4. The predicted molar refractivity (Wildman–Crippen MR) is 97.5 cm³/mol. The number of para-hydroxylation sites is 2. The Morgan fingerprint density at radius 2 is 1.54 bits per heavy atom. The summed E-state index contributed by atoms with van der Waals surface area (Å²) in [6, 6.07) is 15.5. The van der Waals surface area contributed by atoms with E-state index in [-0.39, 0.29) is 11.3 Å². The van der Waals surface area contributed by atoms with Crippen LogP contribution in [0.3, 0.4) is 0 Å². The minimum atomic E-state index is -0.708. The number of fused-ring (bicyclic) bond motifs is 2. The Bertz CT molecular complexity index is 1200. The zero-order valence-corrected chi connectivity index (χ0v) is 13.6. The van der Waals surface area contributed by atoms with Gasteiger partial charge in [-0.15, -0.1) is 0 Å². The van der Waals surface area contributed by atoms with E-state index in [1.807, 2.05) is 24.3 Å². The Morgan fingerprint density at radius 3 is 2.31 bits per heavy atom. The highest BCUT2D eigenvalue weighted by Crippen LogP contribution is 2.19. The van der Waals surface area contributed by atoms with E-state index < -0.39 is 18.1 Å². The Balaban J connectivity index is 1.58. The van der Waals surface area contributed by atoms with Crippen LogP contribution in [0.15, 0.2) is 65.6 Å². The molecule has 0 aliphatic rings. The van der Waals surface area contributed by atoms with Crippen LogP contribution in [-0.2, 0) is 4.74 Å². The number of rotatable bonds is 4. The molecule has 2 N–H and O–H groups in total. The maximum absolute atomic E-state index is 12.4. The number of aromatic amines is 2. The lowest BCUT2D eigenvalue weighted by atomic mass is 10.1. The van der Waals surface area contributed by atoms with Gasteiger partial charge in [0.1, 0.15) is 0 Å². The van der Waals surface area contributed by atoms with Gasteiger partial charge in [0.25, 0.3) is 0 Å². The molecule has 4 rings (SSSR count). The van der Waals surface area contributed by atoms with E-state index in [0.717, 1.165) is 10.9 Å². The number of hydrogen-bond donors (Lipinski definition) is 2. The standard InChI is InChI=1S/C20H14N2O4/c23-18(15-10-21-16-7-3-1-6-13(15)16)11-26-20(25)14-9-19(24)22-17-8-4-2-5-12(14)17/h1-10,21H,11H2,(H,22,24). The van der Waals surface area contributed by atoms with Crippen LogP contribution in [0.25, 0.3) is 21.8 Å². The second-order valence-corrected chi connectivity index (χ2v) is 5.84. The third-order valence-electron chi connectivity index (χ3n) is 4.19. The summed E-state index contributed by atoms with van der Waals surface area (Å²) in [5.41, 5.74) is 1.57. The zero-order valence-electron chi connectivity index (χ0n) is 13.6. The van der Waals surface area contributed by atoms with Crippen LogP contribution in [0.4, 0.5) is 0 Å². The molecule has 2 aromatic heterocycles. The van der Waals surface area contributed by atoms with Gasteiger partial charge in [-0.05, 0) is 12.1 Å². The van der Waals surface area contributed by atoms with E-state index in [1.165, 1.54) is 6.07 Å². The van der Waals surface area contributed by atoms with E-state index in [4.69, 9.17) is 4.74 Å². The highest BCUT2D eigenvalue weighted by molar-refractivity contribution is 6.10. The molecule has 128 valence electrons. The number of carbonyl (C=O) groups excluding carboxylic acids is 2. The molecule has 0 fully saturated rings. The first kappa shape index (κ1) is 15.8. The first-order valence-electron chi connectivity index (χ1n) is 8.02. The van der Waals surface area contributed by atoms with Gasteiger partial charge in [-0.3, -0.25) is 9.59 Å². The quantitative estimate of drug-likeness (QED) is 0.439. The Morgan fingerprint density at radius 1 is 0.885 bits per heavy atom. The van der Waals surface area contributed by atoms with Gasteiger partial charge in [-0.2, -0.15) is 0 Å². The molecule has 0 aliphatic heterocycles. The molecule has 0 saturated carbocycles. The number of nitrogens with one attached hydrogen (secondary N) is 2. The first-order chi connectivity index (χ1) is 12.6. The number of carbonyl (C=O) groups is 2. The molecule has 26 heavy (non-hydrogen) atoms. The second kappa shape index (κ2) is 6.33. The summed E-state index contributed by atoms with van der Waals surface area (Å²) in [5.74, 6) is -1.02. The number of ketones is 1. The fourth-order valence-electron chi connectivity index (χ4n) is 2.96. The second-order valence-electron chi connectivity index (χ2n) is 5.84. The summed E-state index contributed by atoms with van der Waals surface area (Å²) in [6.07, 6.45) is 1.60. The third-order valence-corrected chi connectivity index (χ3v) is 4.19. The average molecular weight is 346 g/mol. The number of esters is 1. The molecule has 0 unspecified atom stereocenters. The zero-order chi connectivity index (χ0) is 18.1.